The van der Waals surface area contributed by atoms with Gasteiger partial charge in [-0.25, -0.2) is 0 Å². The van der Waals surface area contributed by atoms with Crippen molar-refractivity contribution in [2.24, 2.45) is 0 Å². The average Bonchev–Trinajstić information content (AvgIpc) is 2.26. The fraction of sp³-hybridized carbons (Fsp3) is 0.538. The zero-order valence-electron chi connectivity index (χ0n) is 11.3. The number of carbonyl (C=O) groups excluding carboxylic acids is 2. The van der Waals surface area contributed by atoms with E-state index in [1.807, 2.05) is 13.8 Å². The second-order valence-corrected chi connectivity index (χ2v) is 2.73. The molecule has 0 atom stereocenters. The van der Waals surface area contributed by atoms with Gasteiger partial charge in [0.05, 0.1) is 0 Å². The molecule has 0 saturated carbocycles. The third-order valence-corrected chi connectivity index (χ3v) is 0.940. The number of carbonyl (C=O) groups is 2. The van der Waals surface area contributed by atoms with Gasteiger partial charge in [-0.05, 0) is 13.8 Å². The van der Waals surface area contributed by atoms with Gasteiger partial charge >= 0.3 is 11.9 Å². The van der Waals surface area contributed by atoms with Crippen LogP contribution < -0.4 is 0 Å². The van der Waals surface area contributed by atoms with Gasteiger partial charge in [0.2, 0.25) is 0 Å². The van der Waals surface area contributed by atoms with Gasteiger partial charge in [-0.1, -0.05) is 19.1 Å². The van der Waals surface area contributed by atoms with Gasteiger partial charge in [0.1, 0.15) is 13.2 Å². The molecule has 0 radical (unpaired) electrons. The van der Waals surface area contributed by atoms with E-state index in [-0.39, 0.29) is 25.2 Å². The molecule has 0 aliphatic heterocycles. The Balaban J connectivity index is -0.000000273. The maximum absolute atomic E-state index is 10.5. The summed E-state index contributed by atoms with van der Waals surface area (Å²) in [5.41, 5.74) is 0. The van der Waals surface area contributed by atoms with Gasteiger partial charge < -0.3 is 9.47 Å². The number of esters is 2. The van der Waals surface area contributed by atoms with Crippen LogP contribution in [-0.4, -0.2) is 25.2 Å². The molecule has 0 saturated heterocycles. The Labute approximate surface area is 104 Å². The standard InChI is InChI=1S/C7H12O4.2C3H6/c1-3-7(9)11-5-4-10-6(2)8;2*1-3-2/h3-5H2,1-2H3;2*3H,1H2,2H3. The zero-order chi connectivity index (χ0) is 14.1. The first-order chi connectivity index (χ1) is 7.99. The first-order valence-corrected chi connectivity index (χ1v) is 5.43. The second-order valence-electron chi connectivity index (χ2n) is 2.73. The summed E-state index contributed by atoms with van der Waals surface area (Å²) in [4.78, 5) is 20.7. The maximum Gasteiger partial charge on any atom is 0.305 e. The van der Waals surface area contributed by atoms with Gasteiger partial charge in [-0.15, -0.1) is 13.2 Å². The van der Waals surface area contributed by atoms with Crippen molar-refractivity contribution in [1.82, 2.24) is 0 Å². The number of hydrogen-bond donors (Lipinski definition) is 0. The van der Waals surface area contributed by atoms with Crippen LogP contribution in [0.15, 0.2) is 25.3 Å². The molecule has 0 aromatic carbocycles. The molecule has 0 fully saturated rings. The topological polar surface area (TPSA) is 52.6 Å². The Bertz CT molecular complexity index is 203. The Hall–Kier alpha value is -1.58. The van der Waals surface area contributed by atoms with Crippen molar-refractivity contribution in [3.05, 3.63) is 25.3 Å². The lowest BCUT2D eigenvalue weighted by atomic mass is 10.5. The predicted molar refractivity (Wildman–Crippen MR) is 69.6 cm³/mol. The summed E-state index contributed by atoms with van der Waals surface area (Å²) in [6.45, 7) is 13.8. The molecule has 100 valence electrons. The summed E-state index contributed by atoms with van der Waals surface area (Å²) in [5.74, 6) is -0.644. The third-order valence-electron chi connectivity index (χ3n) is 0.940. The Morgan fingerprint density at radius 3 is 1.71 bits per heavy atom. The molecule has 4 heteroatoms. The Morgan fingerprint density at radius 2 is 1.41 bits per heavy atom. The molecule has 0 bridgehead atoms. The summed E-state index contributed by atoms with van der Waals surface area (Å²) in [7, 11) is 0. The zero-order valence-corrected chi connectivity index (χ0v) is 11.3. The fourth-order valence-electron chi connectivity index (χ4n) is 0.443. The highest BCUT2D eigenvalue weighted by Gasteiger charge is 1.97. The van der Waals surface area contributed by atoms with Gasteiger partial charge in [0.15, 0.2) is 0 Å². The number of allylic oxidation sites excluding steroid dienone is 2. The minimum absolute atomic E-state index is 0.140. The summed E-state index contributed by atoms with van der Waals surface area (Å²) in [5, 5.41) is 0. The molecule has 0 aliphatic rings. The van der Waals surface area contributed by atoms with E-state index < -0.39 is 0 Å². The molecule has 0 spiro atoms. The number of rotatable bonds is 4. The SMILES string of the molecule is C=CC.C=CC.CCC(=O)OCCOC(C)=O. The molecule has 0 unspecified atom stereocenters. The van der Waals surface area contributed by atoms with Crippen LogP contribution in [0.5, 0.6) is 0 Å². The van der Waals surface area contributed by atoms with Crippen LogP contribution in [0.3, 0.4) is 0 Å². The lowest BCUT2D eigenvalue weighted by Crippen LogP contribution is -2.11. The van der Waals surface area contributed by atoms with Crippen LogP contribution in [0, 0.1) is 0 Å². The molecule has 0 aromatic heterocycles. The highest BCUT2D eigenvalue weighted by molar-refractivity contribution is 5.69. The largest absolute Gasteiger partial charge is 0.462 e. The monoisotopic (exact) mass is 244 g/mol. The molecule has 17 heavy (non-hydrogen) atoms. The van der Waals surface area contributed by atoms with E-state index in [0.717, 1.165) is 0 Å². The predicted octanol–water partition coefficient (Wildman–Crippen LogP) is 2.89. The van der Waals surface area contributed by atoms with Gasteiger partial charge in [0, 0.05) is 13.3 Å². The molecular weight excluding hydrogens is 220 g/mol. The van der Waals surface area contributed by atoms with Crippen LogP contribution in [0.25, 0.3) is 0 Å². The number of hydrogen-bond acceptors (Lipinski definition) is 4. The molecule has 0 aliphatic carbocycles. The quantitative estimate of drug-likeness (QED) is 0.433. The molecule has 0 N–H and O–H groups in total. The minimum atomic E-state index is -0.363. The molecule has 0 aromatic rings. The van der Waals surface area contributed by atoms with Crippen molar-refractivity contribution in [2.45, 2.75) is 34.1 Å². The molecule has 0 rings (SSSR count). The lowest BCUT2D eigenvalue weighted by molar-refractivity contribution is -0.150. The van der Waals surface area contributed by atoms with Gasteiger partial charge in [-0.3, -0.25) is 9.59 Å². The minimum Gasteiger partial charge on any atom is -0.462 e. The van der Waals surface area contributed by atoms with Crippen molar-refractivity contribution in [2.75, 3.05) is 13.2 Å². The van der Waals surface area contributed by atoms with Crippen LogP contribution in [-0.2, 0) is 19.1 Å². The van der Waals surface area contributed by atoms with E-state index in [1.54, 1.807) is 19.1 Å². The fourth-order valence-corrected chi connectivity index (χ4v) is 0.443. The van der Waals surface area contributed by atoms with E-state index in [4.69, 9.17) is 0 Å². The lowest BCUT2D eigenvalue weighted by Gasteiger charge is -2.02. The highest BCUT2D eigenvalue weighted by Crippen LogP contribution is 1.84. The van der Waals surface area contributed by atoms with Gasteiger partial charge in [-0.2, -0.15) is 0 Å². The van der Waals surface area contributed by atoms with Crippen molar-refractivity contribution in [3.63, 3.8) is 0 Å². The van der Waals surface area contributed by atoms with E-state index in [0.29, 0.717) is 6.42 Å². The van der Waals surface area contributed by atoms with Crippen LogP contribution >= 0.6 is 0 Å². The summed E-state index contributed by atoms with van der Waals surface area (Å²) >= 11 is 0. The first kappa shape index (κ1) is 20.8. The van der Waals surface area contributed by atoms with Crippen LogP contribution in [0.2, 0.25) is 0 Å². The van der Waals surface area contributed by atoms with Gasteiger partial charge in [0.25, 0.3) is 0 Å². The van der Waals surface area contributed by atoms with E-state index in [9.17, 15) is 9.59 Å². The molecule has 0 amide bonds. The summed E-state index contributed by atoms with van der Waals surface area (Å²) < 4.78 is 9.15. The van der Waals surface area contributed by atoms with Crippen LogP contribution in [0.4, 0.5) is 0 Å². The molecule has 4 nitrogen and oxygen atoms in total. The maximum atomic E-state index is 10.5. The molecular formula is C13H24O4. The van der Waals surface area contributed by atoms with Crippen LogP contribution in [0.1, 0.15) is 34.1 Å². The normalized spacial score (nSPS) is 7.29. The highest BCUT2D eigenvalue weighted by atomic mass is 16.6. The first-order valence-electron chi connectivity index (χ1n) is 5.43. The van der Waals surface area contributed by atoms with Crippen molar-refractivity contribution >= 4 is 11.9 Å². The van der Waals surface area contributed by atoms with E-state index in [1.165, 1.54) is 6.92 Å². The average molecular weight is 244 g/mol. The third kappa shape index (κ3) is 40.4. The van der Waals surface area contributed by atoms with Crippen molar-refractivity contribution in [1.29, 1.82) is 0 Å². The Kier molecular flexibility index (Phi) is 24.3. The Morgan fingerprint density at radius 1 is 1.06 bits per heavy atom. The number of ether oxygens (including phenoxy) is 2. The summed E-state index contributed by atoms with van der Waals surface area (Å²) in [6.07, 6.45) is 3.85. The van der Waals surface area contributed by atoms with E-state index >= 15 is 0 Å². The summed E-state index contributed by atoms with van der Waals surface area (Å²) in [6, 6.07) is 0. The van der Waals surface area contributed by atoms with E-state index in [2.05, 4.69) is 22.6 Å². The van der Waals surface area contributed by atoms with Crippen molar-refractivity contribution in [3.8, 4) is 0 Å². The van der Waals surface area contributed by atoms with Crippen molar-refractivity contribution < 1.29 is 19.1 Å². The second kappa shape index (κ2) is 19.9. The smallest absolute Gasteiger partial charge is 0.305 e. The molecule has 0 heterocycles.